The van der Waals surface area contributed by atoms with E-state index in [1.807, 2.05) is 35.8 Å². The molecule has 172 valence electrons. The molecule has 0 saturated carbocycles. The molecule has 0 aliphatic rings. The molecule has 4 aromatic rings. The molecule has 2 atom stereocenters. The summed E-state index contributed by atoms with van der Waals surface area (Å²) >= 11 is 0. The van der Waals surface area contributed by atoms with Crippen molar-refractivity contribution in [2.24, 2.45) is 0 Å². The number of rotatable bonds is 9. The quantitative estimate of drug-likeness (QED) is 0.413. The predicted octanol–water partition coefficient (Wildman–Crippen LogP) is 4.11. The van der Waals surface area contributed by atoms with Crippen molar-refractivity contribution < 1.29 is 18.6 Å². The third-order valence-electron chi connectivity index (χ3n) is 5.84. The third-order valence-corrected chi connectivity index (χ3v) is 5.84. The van der Waals surface area contributed by atoms with E-state index in [2.05, 4.69) is 15.3 Å². The molecule has 2 aromatic heterocycles. The minimum Gasteiger partial charge on any atom is -0.382 e. The smallest absolute Gasteiger partial charge is 0.132 e. The van der Waals surface area contributed by atoms with Crippen LogP contribution in [-0.2, 0) is 23.6 Å². The second-order valence-corrected chi connectivity index (χ2v) is 7.86. The maximum Gasteiger partial charge on any atom is 0.132 e. The van der Waals surface area contributed by atoms with E-state index < -0.39 is 23.2 Å². The molecule has 33 heavy (non-hydrogen) atoms. The Balaban J connectivity index is 1.68. The van der Waals surface area contributed by atoms with Crippen LogP contribution in [0.2, 0.25) is 0 Å². The lowest BCUT2D eigenvalue weighted by molar-refractivity contribution is -0.0115. The summed E-state index contributed by atoms with van der Waals surface area (Å²) in [6.07, 6.45) is 6.52. The normalized spacial score (nSPS) is 14.2. The molecule has 0 aliphatic heterocycles. The first kappa shape index (κ1) is 22.8. The molecule has 0 radical (unpaired) electrons. The SMILES string of the molecule is CCOCn1cncc1-c1ccc(C(C)C(O)(Cn2ccnn2)c2ccc(F)cc2F)cc1. The summed E-state index contributed by atoms with van der Waals surface area (Å²) in [5, 5.41) is 19.4. The zero-order chi connectivity index (χ0) is 23.4. The van der Waals surface area contributed by atoms with E-state index in [0.717, 1.165) is 29.0 Å². The Bertz CT molecular complexity index is 1190. The molecule has 0 amide bonds. The van der Waals surface area contributed by atoms with Gasteiger partial charge in [0.2, 0.25) is 0 Å². The molecular weight excluding hydrogens is 428 g/mol. The largest absolute Gasteiger partial charge is 0.382 e. The number of ether oxygens (including phenoxy) is 1. The highest BCUT2D eigenvalue weighted by atomic mass is 19.1. The molecule has 0 fully saturated rings. The van der Waals surface area contributed by atoms with Gasteiger partial charge in [-0.3, -0.25) is 0 Å². The van der Waals surface area contributed by atoms with Crippen molar-refractivity contribution in [2.75, 3.05) is 6.61 Å². The summed E-state index contributed by atoms with van der Waals surface area (Å²) in [4.78, 5) is 4.20. The lowest BCUT2D eigenvalue weighted by Crippen LogP contribution is -2.38. The fourth-order valence-electron chi connectivity index (χ4n) is 3.93. The van der Waals surface area contributed by atoms with Crippen LogP contribution in [0.3, 0.4) is 0 Å². The second kappa shape index (κ2) is 9.60. The molecule has 0 saturated heterocycles. The van der Waals surface area contributed by atoms with E-state index in [4.69, 9.17) is 4.74 Å². The third kappa shape index (κ3) is 4.69. The summed E-state index contributed by atoms with van der Waals surface area (Å²) in [5.41, 5.74) is 0.886. The topological polar surface area (TPSA) is 78.0 Å². The van der Waals surface area contributed by atoms with Crippen LogP contribution in [0.4, 0.5) is 8.78 Å². The molecule has 2 heterocycles. The Hall–Kier alpha value is -3.43. The van der Waals surface area contributed by atoms with Crippen LogP contribution in [0.5, 0.6) is 0 Å². The van der Waals surface area contributed by atoms with Crippen molar-refractivity contribution in [3.05, 3.63) is 90.1 Å². The zero-order valence-electron chi connectivity index (χ0n) is 18.4. The van der Waals surface area contributed by atoms with Gasteiger partial charge < -0.3 is 14.4 Å². The maximum absolute atomic E-state index is 14.8. The van der Waals surface area contributed by atoms with E-state index in [-0.39, 0.29) is 12.1 Å². The number of benzene rings is 2. The molecular formula is C24H25F2N5O2. The highest BCUT2D eigenvalue weighted by Crippen LogP contribution is 2.40. The maximum atomic E-state index is 14.8. The molecule has 7 nitrogen and oxygen atoms in total. The molecule has 4 rings (SSSR count). The first-order valence-electron chi connectivity index (χ1n) is 10.6. The molecule has 0 bridgehead atoms. The van der Waals surface area contributed by atoms with E-state index in [1.54, 1.807) is 25.6 Å². The van der Waals surface area contributed by atoms with Crippen LogP contribution in [0, 0.1) is 11.6 Å². The van der Waals surface area contributed by atoms with Gasteiger partial charge in [-0.2, -0.15) is 0 Å². The van der Waals surface area contributed by atoms with Crippen molar-refractivity contribution in [2.45, 2.75) is 38.6 Å². The second-order valence-electron chi connectivity index (χ2n) is 7.86. The van der Waals surface area contributed by atoms with Crippen molar-refractivity contribution >= 4 is 0 Å². The number of nitrogens with zero attached hydrogens (tertiary/aromatic N) is 5. The lowest BCUT2D eigenvalue weighted by atomic mass is 9.77. The Morgan fingerprint density at radius 2 is 1.94 bits per heavy atom. The van der Waals surface area contributed by atoms with Crippen LogP contribution in [0.15, 0.2) is 67.4 Å². The summed E-state index contributed by atoms with van der Waals surface area (Å²) in [6, 6.07) is 10.8. The van der Waals surface area contributed by atoms with Crippen molar-refractivity contribution in [1.82, 2.24) is 24.5 Å². The highest BCUT2D eigenvalue weighted by Gasteiger charge is 2.40. The average molecular weight is 453 g/mol. The summed E-state index contributed by atoms with van der Waals surface area (Å²) in [6.45, 7) is 4.66. The van der Waals surface area contributed by atoms with Gasteiger partial charge in [0.25, 0.3) is 0 Å². The van der Waals surface area contributed by atoms with Crippen LogP contribution in [0.1, 0.15) is 30.9 Å². The number of hydrogen-bond acceptors (Lipinski definition) is 5. The Kier molecular flexibility index (Phi) is 6.62. The van der Waals surface area contributed by atoms with Crippen LogP contribution >= 0.6 is 0 Å². The fraction of sp³-hybridized carbons (Fsp3) is 0.292. The van der Waals surface area contributed by atoms with Gasteiger partial charge in [-0.15, -0.1) is 5.10 Å². The number of halogens is 2. The highest BCUT2D eigenvalue weighted by molar-refractivity contribution is 5.59. The predicted molar refractivity (Wildman–Crippen MR) is 118 cm³/mol. The van der Waals surface area contributed by atoms with Crippen molar-refractivity contribution in [3.8, 4) is 11.3 Å². The number of aromatic nitrogens is 5. The van der Waals surface area contributed by atoms with Gasteiger partial charge in [0, 0.05) is 30.4 Å². The monoisotopic (exact) mass is 453 g/mol. The lowest BCUT2D eigenvalue weighted by Gasteiger charge is -2.35. The van der Waals surface area contributed by atoms with Gasteiger partial charge in [0.1, 0.15) is 24.0 Å². The van der Waals surface area contributed by atoms with E-state index in [1.165, 1.54) is 16.9 Å². The molecule has 0 aliphatic carbocycles. The Morgan fingerprint density at radius 3 is 2.61 bits per heavy atom. The Morgan fingerprint density at radius 1 is 1.15 bits per heavy atom. The average Bonchev–Trinajstić information content (AvgIpc) is 3.49. The minimum absolute atomic E-state index is 0.00855. The number of aliphatic hydroxyl groups is 1. The summed E-state index contributed by atoms with van der Waals surface area (Å²) in [5.74, 6) is -2.08. The van der Waals surface area contributed by atoms with E-state index in [9.17, 15) is 13.9 Å². The Labute approximate surface area is 190 Å². The molecule has 9 heteroatoms. The molecule has 2 unspecified atom stereocenters. The van der Waals surface area contributed by atoms with Crippen molar-refractivity contribution in [1.29, 1.82) is 0 Å². The van der Waals surface area contributed by atoms with Crippen LogP contribution in [0.25, 0.3) is 11.3 Å². The van der Waals surface area contributed by atoms with Gasteiger partial charge in [-0.05, 0) is 24.1 Å². The molecule has 2 aromatic carbocycles. The van der Waals surface area contributed by atoms with Gasteiger partial charge in [-0.1, -0.05) is 42.5 Å². The first-order valence-corrected chi connectivity index (χ1v) is 10.6. The molecule has 0 spiro atoms. The van der Waals surface area contributed by atoms with E-state index in [0.29, 0.717) is 13.3 Å². The fourth-order valence-corrected chi connectivity index (χ4v) is 3.93. The van der Waals surface area contributed by atoms with Crippen LogP contribution < -0.4 is 0 Å². The van der Waals surface area contributed by atoms with Gasteiger partial charge in [-0.25, -0.2) is 18.4 Å². The van der Waals surface area contributed by atoms with Gasteiger partial charge in [0.05, 0.1) is 31.0 Å². The van der Waals surface area contributed by atoms with Gasteiger partial charge in [0.15, 0.2) is 0 Å². The summed E-state index contributed by atoms with van der Waals surface area (Å²) < 4.78 is 37.2. The molecule has 1 N–H and O–H groups in total. The standard InChI is InChI=1S/C24H25F2N5O2/c1-3-33-16-30-15-27-13-23(30)19-6-4-18(5-7-19)17(2)24(32,14-31-11-10-28-29-31)21-9-8-20(25)12-22(21)26/h4-13,15,17,32H,3,14,16H2,1-2H3. The van der Waals surface area contributed by atoms with Crippen molar-refractivity contribution in [3.63, 3.8) is 0 Å². The van der Waals surface area contributed by atoms with E-state index >= 15 is 0 Å². The zero-order valence-corrected chi connectivity index (χ0v) is 18.4. The first-order chi connectivity index (χ1) is 15.9. The minimum atomic E-state index is -1.70. The van der Waals surface area contributed by atoms with Gasteiger partial charge >= 0.3 is 0 Å². The number of hydrogen-bond donors (Lipinski definition) is 1. The number of imidazole rings is 1. The van der Waals surface area contributed by atoms with Crippen LogP contribution in [-0.4, -0.2) is 36.3 Å². The summed E-state index contributed by atoms with van der Waals surface area (Å²) in [7, 11) is 0.